The van der Waals surface area contributed by atoms with Crippen molar-refractivity contribution in [3.63, 3.8) is 0 Å². The third kappa shape index (κ3) is 4.21. The van der Waals surface area contributed by atoms with Crippen molar-refractivity contribution in [2.75, 3.05) is 25.0 Å². The quantitative estimate of drug-likeness (QED) is 0.572. The molecule has 86 valence electrons. The van der Waals surface area contributed by atoms with Crippen molar-refractivity contribution >= 4 is 5.82 Å². The van der Waals surface area contributed by atoms with E-state index >= 15 is 0 Å². The second kappa shape index (κ2) is 6.71. The van der Waals surface area contributed by atoms with Gasteiger partial charge in [-0.15, -0.1) is 0 Å². The van der Waals surface area contributed by atoms with Gasteiger partial charge in [0.25, 0.3) is 0 Å². The van der Waals surface area contributed by atoms with E-state index in [0.29, 0.717) is 25.5 Å². The Balaban J connectivity index is 2.30. The molecule has 3 N–H and O–H groups in total. The lowest BCUT2D eigenvalue weighted by molar-refractivity contribution is 0.192. The molecule has 6 nitrogen and oxygen atoms in total. The van der Waals surface area contributed by atoms with Gasteiger partial charge in [0, 0.05) is 32.0 Å². The molecule has 0 saturated carbocycles. The molecule has 0 spiro atoms. The number of hydrogen-bond acceptors (Lipinski definition) is 6. The third-order valence-electron chi connectivity index (χ3n) is 1.84. The predicted molar refractivity (Wildman–Crippen MR) is 59.8 cm³/mol. The van der Waals surface area contributed by atoms with E-state index in [-0.39, 0.29) is 11.8 Å². The third-order valence-corrected chi connectivity index (χ3v) is 1.84. The van der Waals surface area contributed by atoms with Crippen LogP contribution in [0, 0.1) is 11.3 Å². The van der Waals surface area contributed by atoms with Crippen LogP contribution in [0.3, 0.4) is 0 Å². The molecule has 1 aromatic rings. The molecule has 0 aliphatic carbocycles. The van der Waals surface area contributed by atoms with Crippen LogP contribution in [0.4, 0.5) is 5.82 Å². The number of anilines is 1. The Morgan fingerprint density at radius 3 is 2.88 bits per heavy atom. The summed E-state index contributed by atoms with van der Waals surface area (Å²) in [5, 5.41) is 23.8. The van der Waals surface area contributed by atoms with Gasteiger partial charge in [-0.3, -0.25) is 0 Å². The highest BCUT2D eigenvalue weighted by Gasteiger charge is 2.02. The average Bonchev–Trinajstić information content (AvgIpc) is 2.29. The van der Waals surface area contributed by atoms with Crippen LogP contribution in [0.5, 0.6) is 0 Å². The van der Waals surface area contributed by atoms with Crippen molar-refractivity contribution in [1.82, 2.24) is 15.3 Å². The number of hydrogen-bond donors (Lipinski definition) is 3. The largest absolute Gasteiger partial charge is 0.392 e. The van der Waals surface area contributed by atoms with E-state index in [1.807, 2.05) is 6.07 Å². The maximum atomic E-state index is 9.00. The molecule has 0 amide bonds. The Kier molecular flexibility index (Phi) is 5.19. The standard InChI is InChI=1S/C10H15N5O/c1-8(16)7-12-2-3-14-10-9(6-11)13-4-5-15-10/h4-5,8,12,16H,2-3,7H2,1H3,(H,14,15). The maximum absolute atomic E-state index is 9.00. The second-order valence-corrected chi connectivity index (χ2v) is 3.35. The van der Waals surface area contributed by atoms with Gasteiger partial charge in [0.15, 0.2) is 11.5 Å². The van der Waals surface area contributed by atoms with Crippen LogP contribution in [0.15, 0.2) is 12.4 Å². The predicted octanol–water partition coefficient (Wildman–Crippen LogP) is -0.269. The topological polar surface area (TPSA) is 93.9 Å². The normalized spacial score (nSPS) is 11.8. The molecule has 6 heteroatoms. The minimum Gasteiger partial charge on any atom is -0.392 e. The summed E-state index contributed by atoms with van der Waals surface area (Å²) in [5.41, 5.74) is 0.290. The van der Waals surface area contributed by atoms with Crippen molar-refractivity contribution in [2.45, 2.75) is 13.0 Å². The molecule has 0 aliphatic heterocycles. The zero-order chi connectivity index (χ0) is 11.8. The Morgan fingerprint density at radius 2 is 2.19 bits per heavy atom. The Bertz CT molecular complexity index is 360. The highest BCUT2D eigenvalue weighted by atomic mass is 16.3. The van der Waals surface area contributed by atoms with E-state index in [1.54, 1.807) is 6.92 Å². The number of rotatable bonds is 6. The molecule has 1 aromatic heterocycles. The van der Waals surface area contributed by atoms with Crippen LogP contribution in [-0.4, -0.2) is 40.8 Å². The van der Waals surface area contributed by atoms with Gasteiger partial charge in [-0.25, -0.2) is 9.97 Å². The van der Waals surface area contributed by atoms with Crippen LogP contribution in [-0.2, 0) is 0 Å². The summed E-state index contributed by atoms with van der Waals surface area (Å²) in [5.74, 6) is 0.490. The molecule has 0 fully saturated rings. The molecule has 0 aliphatic rings. The molecule has 1 unspecified atom stereocenters. The number of aromatic nitrogens is 2. The molecular weight excluding hydrogens is 206 g/mol. The van der Waals surface area contributed by atoms with Gasteiger partial charge in [-0.2, -0.15) is 5.26 Å². The molecule has 0 radical (unpaired) electrons. The van der Waals surface area contributed by atoms with Crippen LogP contribution >= 0.6 is 0 Å². The van der Waals surface area contributed by atoms with Gasteiger partial charge < -0.3 is 15.7 Å². The monoisotopic (exact) mass is 221 g/mol. The Labute approximate surface area is 94.3 Å². The van der Waals surface area contributed by atoms with Crippen LogP contribution in [0.2, 0.25) is 0 Å². The molecule has 1 atom stereocenters. The van der Waals surface area contributed by atoms with Crippen LogP contribution in [0.25, 0.3) is 0 Å². The first-order valence-corrected chi connectivity index (χ1v) is 5.08. The fraction of sp³-hybridized carbons (Fsp3) is 0.500. The summed E-state index contributed by atoms with van der Waals surface area (Å²) in [7, 11) is 0. The lowest BCUT2D eigenvalue weighted by Crippen LogP contribution is -2.29. The molecule has 0 aromatic carbocycles. The molecule has 0 saturated heterocycles. The lowest BCUT2D eigenvalue weighted by atomic mass is 10.4. The van der Waals surface area contributed by atoms with Gasteiger partial charge in [-0.05, 0) is 6.92 Å². The summed E-state index contributed by atoms with van der Waals surface area (Å²) in [6.45, 7) is 3.58. The number of aliphatic hydroxyl groups is 1. The van der Waals surface area contributed by atoms with E-state index in [9.17, 15) is 0 Å². The first-order valence-electron chi connectivity index (χ1n) is 5.08. The van der Waals surface area contributed by atoms with E-state index in [0.717, 1.165) is 0 Å². The number of aliphatic hydroxyl groups excluding tert-OH is 1. The number of nitriles is 1. The van der Waals surface area contributed by atoms with E-state index in [2.05, 4.69) is 20.6 Å². The van der Waals surface area contributed by atoms with Gasteiger partial charge in [0.05, 0.1) is 6.10 Å². The summed E-state index contributed by atoms with van der Waals surface area (Å²) in [6.07, 6.45) is 2.66. The fourth-order valence-electron chi connectivity index (χ4n) is 1.13. The SMILES string of the molecule is CC(O)CNCCNc1nccnc1C#N. The van der Waals surface area contributed by atoms with Gasteiger partial charge in [-0.1, -0.05) is 0 Å². The molecule has 1 rings (SSSR count). The van der Waals surface area contributed by atoms with E-state index < -0.39 is 0 Å². The van der Waals surface area contributed by atoms with Crippen molar-refractivity contribution in [1.29, 1.82) is 5.26 Å². The zero-order valence-corrected chi connectivity index (χ0v) is 9.14. The minimum atomic E-state index is -0.355. The minimum absolute atomic E-state index is 0.290. The highest BCUT2D eigenvalue weighted by molar-refractivity contribution is 5.46. The van der Waals surface area contributed by atoms with Crippen LogP contribution < -0.4 is 10.6 Å². The van der Waals surface area contributed by atoms with E-state index in [4.69, 9.17) is 10.4 Å². The number of nitrogens with one attached hydrogen (secondary N) is 2. The van der Waals surface area contributed by atoms with Gasteiger partial charge in [0.2, 0.25) is 0 Å². The highest BCUT2D eigenvalue weighted by Crippen LogP contribution is 2.04. The fourth-order valence-corrected chi connectivity index (χ4v) is 1.13. The molecule has 1 heterocycles. The summed E-state index contributed by atoms with van der Waals surface area (Å²) in [6, 6.07) is 1.96. The zero-order valence-electron chi connectivity index (χ0n) is 9.14. The first kappa shape index (κ1) is 12.4. The maximum Gasteiger partial charge on any atom is 0.182 e. The average molecular weight is 221 g/mol. The van der Waals surface area contributed by atoms with Gasteiger partial charge >= 0.3 is 0 Å². The van der Waals surface area contributed by atoms with Gasteiger partial charge in [0.1, 0.15) is 6.07 Å². The summed E-state index contributed by atoms with van der Waals surface area (Å²) in [4.78, 5) is 7.89. The van der Waals surface area contributed by atoms with Crippen molar-refractivity contribution in [2.24, 2.45) is 0 Å². The van der Waals surface area contributed by atoms with Crippen molar-refractivity contribution < 1.29 is 5.11 Å². The molecule has 16 heavy (non-hydrogen) atoms. The molecule has 0 bridgehead atoms. The van der Waals surface area contributed by atoms with Crippen molar-refractivity contribution in [3.8, 4) is 6.07 Å². The Hall–Kier alpha value is -1.71. The van der Waals surface area contributed by atoms with E-state index in [1.165, 1.54) is 12.4 Å². The molecular formula is C10H15N5O. The first-order chi connectivity index (χ1) is 7.74. The van der Waals surface area contributed by atoms with Crippen LogP contribution in [0.1, 0.15) is 12.6 Å². The second-order valence-electron chi connectivity index (χ2n) is 3.35. The smallest absolute Gasteiger partial charge is 0.182 e. The number of nitrogens with zero attached hydrogens (tertiary/aromatic N) is 3. The van der Waals surface area contributed by atoms with Crippen molar-refractivity contribution in [3.05, 3.63) is 18.1 Å². The summed E-state index contributed by atoms with van der Waals surface area (Å²) < 4.78 is 0. The lowest BCUT2D eigenvalue weighted by Gasteiger charge is -2.08. The Morgan fingerprint density at radius 1 is 1.44 bits per heavy atom. The summed E-state index contributed by atoms with van der Waals surface area (Å²) >= 11 is 0.